The van der Waals surface area contributed by atoms with Crippen LogP contribution in [0.4, 0.5) is 0 Å². The van der Waals surface area contributed by atoms with E-state index in [0.29, 0.717) is 0 Å². The molecule has 0 saturated heterocycles. The van der Waals surface area contributed by atoms with E-state index in [2.05, 4.69) is 531 Å². The zero-order valence-corrected chi connectivity index (χ0v) is 79.4. The van der Waals surface area contributed by atoms with Gasteiger partial charge in [0, 0.05) is 153 Å². The van der Waals surface area contributed by atoms with Crippen molar-refractivity contribution in [3.63, 3.8) is 0 Å². The summed E-state index contributed by atoms with van der Waals surface area (Å²) in [6, 6.07) is 184. The molecule has 9 aromatic heterocycles. The lowest BCUT2D eigenvalue weighted by atomic mass is 9.96. The maximum absolute atomic E-state index is 6.67. The predicted molar refractivity (Wildman–Crippen MR) is 616 cm³/mol. The van der Waals surface area contributed by atoms with Crippen LogP contribution in [0.3, 0.4) is 0 Å². The molecule has 33 rings (SSSR count). The fraction of sp³-hybridized carbons (Fsp3) is 0. The Kier molecular flexibility index (Phi) is 18.1. The van der Waals surface area contributed by atoms with Crippen molar-refractivity contribution in [1.82, 2.24) is 27.4 Å². The van der Waals surface area contributed by atoms with Crippen molar-refractivity contribution in [2.24, 2.45) is 0 Å². The van der Waals surface area contributed by atoms with Crippen LogP contribution < -0.4 is 0 Å². The summed E-state index contributed by atoms with van der Waals surface area (Å²) in [5.74, 6) is 0. The van der Waals surface area contributed by atoms with Gasteiger partial charge in [0.05, 0.1) is 66.2 Å². The van der Waals surface area contributed by atoms with Crippen molar-refractivity contribution < 1.29 is 13.3 Å². The molecule has 9 nitrogen and oxygen atoms in total. The Bertz CT molecular complexity index is 11000. The second-order valence-corrected chi connectivity index (χ2v) is 38.8. The summed E-state index contributed by atoms with van der Waals surface area (Å²) < 4.78 is 34.2. The molecule has 0 N–H and O–H groups in total. The van der Waals surface area contributed by atoms with Crippen LogP contribution >= 0.6 is 0 Å². The number of fused-ring (bicyclic) bond motifs is 33. The van der Waals surface area contributed by atoms with Crippen molar-refractivity contribution in [3.05, 3.63) is 510 Å². The highest BCUT2D eigenvalue weighted by molar-refractivity contribution is 6.27. The highest BCUT2D eigenvalue weighted by Gasteiger charge is 2.27. The number of nitrogens with zero attached hydrogens (tertiary/aromatic N) is 6. The smallest absolute Gasteiger partial charge is 0.143 e. The zero-order valence-electron chi connectivity index (χ0n) is 79.4. The Morgan fingerprint density at radius 2 is 0.401 bits per heavy atom. The molecule has 0 amide bonds. The van der Waals surface area contributed by atoms with Gasteiger partial charge in [-0.3, -0.25) is 0 Å². The molecule has 0 atom stereocenters. The average Bonchev–Trinajstić information content (AvgIpc) is 1.55. The van der Waals surface area contributed by atoms with Gasteiger partial charge in [-0.1, -0.05) is 340 Å². The van der Waals surface area contributed by atoms with Gasteiger partial charge >= 0.3 is 0 Å². The van der Waals surface area contributed by atoms with E-state index in [-0.39, 0.29) is 0 Å². The Labute approximate surface area is 840 Å². The van der Waals surface area contributed by atoms with Crippen LogP contribution in [-0.2, 0) is 0 Å². The molecule has 33 aromatic rings. The molecule has 9 heteroatoms. The molecule has 24 aromatic carbocycles. The Morgan fingerprint density at radius 3 is 0.803 bits per heavy atom. The van der Waals surface area contributed by atoms with Gasteiger partial charge in [-0.25, -0.2) is 0 Å². The number of furan rings is 3. The molecule has 0 bridgehead atoms. The van der Waals surface area contributed by atoms with E-state index in [0.717, 1.165) is 111 Å². The quantitative estimate of drug-likeness (QED) is 0.145. The third kappa shape index (κ3) is 12.5. The first-order valence-electron chi connectivity index (χ1n) is 50.3. The van der Waals surface area contributed by atoms with Crippen LogP contribution in [0.15, 0.2) is 523 Å². The van der Waals surface area contributed by atoms with Crippen molar-refractivity contribution in [1.29, 1.82) is 0 Å². The van der Waals surface area contributed by atoms with Crippen molar-refractivity contribution in [2.45, 2.75) is 0 Å². The molecule has 0 aliphatic heterocycles. The Balaban J connectivity index is 0.0000000999. The van der Waals surface area contributed by atoms with Gasteiger partial charge < -0.3 is 40.7 Å². The van der Waals surface area contributed by atoms with E-state index in [1.165, 1.54) is 186 Å². The molecular weight excluding hydrogens is 1790 g/mol. The highest BCUT2D eigenvalue weighted by atomic mass is 16.3. The first kappa shape index (κ1) is 82.0. The molecule has 0 unspecified atom stereocenters. The second kappa shape index (κ2) is 32.4. The van der Waals surface area contributed by atoms with Crippen molar-refractivity contribution in [3.8, 4) is 67.5 Å². The van der Waals surface area contributed by atoms with E-state index < -0.39 is 0 Å². The molecule has 0 aliphatic rings. The van der Waals surface area contributed by atoms with Crippen molar-refractivity contribution >= 4 is 229 Å². The predicted octanol–water partition coefficient (Wildman–Crippen LogP) is 37.8. The van der Waals surface area contributed by atoms with Gasteiger partial charge in [-0.05, 0) is 213 Å². The van der Waals surface area contributed by atoms with Crippen LogP contribution in [-0.4, -0.2) is 27.4 Å². The summed E-state index contributed by atoms with van der Waals surface area (Å²) in [7, 11) is 0. The van der Waals surface area contributed by atoms with Crippen LogP contribution in [0.25, 0.3) is 296 Å². The van der Waals surface area contributed by atoms with Gasteiger partial charge in [-0.15, -0.1) is 0 Å². The van der Waals surface area contributed by atoms with Gasteiger partial charge in [-0.2, -0.15) is 0 Å². The largest absolute Gasteiger partial charge is 0.455 e. The van der Waals surface area contributed by atoms with E-state index >= 15 is 0 Å². The topological polar surface area (TPSA) is 69.0 Å². The molecule has 0 saturated carbocycles. The fourth-order valence-corrected chi connectivity index (χ4v) is 24.4. The fourth-order valence-electron chi connectivity index (χ4n) is 24.4. The lowest BCUT2D eigenvalue weighted by Gasteiger charge is -2.11. The maximum atomic E-state index is 6.67. The van der Waals surface area contributed by atoms with Gasteiger partial charge in [0.15, 0.2) is 0 Å². The molecule has 147 heavy (non-hydrogen) atoms. The third-order valence-corrected chi connectivity index (χ3v) is 30.9. The molecule has 9 heterocycles. The van der Waals surface area contributed by atoms with Gasteiger partial charge in [0.2, 0.25) is 0 Å². The number of benzene rings is 24. The molecule has 0 fully saturated rings. The lowest BCUT2D eigenvalue weighted by molar-refractivity contribution is 0.670. The Hall–Kier alpha value is -19.7. The maximum Gasteiger partial charge on any atom is 0.143 e. The normalized spacial score (nSPS) is 12.1. The zero-order chi connectivity index (χ0) is 96.2. The van der Waals surface area contributed by atoms with Crippen LogP contribution in [0.2, 0.25) is 0 Å². The molecule has 0 aliphatic carbocycles. The molecular formula is C138H84N6O3. The number of rotatable bonds is 9. The van der Waals surface area contributed by atoms with E-state index in [1.807, 2.05) is 6.07 Å². The third-order valence-electron chi connectivity index (χ3n) is 30.9. The number of hydrogen-bond donors (Lipinski definition) is 0. The molecule has 0 spiro atoms. The molecule has 684 valence electrons. The number of hydrogen-bond acceptors (Lipinski definition) is 3. The summed E-state index contributed by atoms with van der Waals surface area (Å²) in [6.07, 6.45) is 0. The Morgan fingerprint density at radius 1 is 0.122 bits per heavy atom. The summed E-state index contributed by atoms with van der Waals surface area (Å²) in [6.45, 7) is 0. The number of aromatic nitrogens is 6. The first-order chi connectivity index (χ1) is 72.9. The minimum Gasteiger partial charge on any atom is -0.455 e. The first-order valence-corrected chi connectivity index (χ1v) is 50.3. The minimum atomic E-state index is 0.914. The summed E-state index contributed by atoms with van der Waals surface area (Å²) >= 11 is 0. The number of para-hydroxylation sites is 12. The van der Waals surface area contributed by atoms with E-state index in [9.17, 15) is 0 Å². The van der Waals surface area contributed by atoms with E-state index in [1.54, 1.807) is 0 Å². The highest BCUT2D eigenvalue weighted by Crippen LogP contribution is 2.50. The van der Waals surface area contributed by atoms with E-state index in [4.69, 9.17) is 13.3 Å². The standard InChI is InChI=1S/3C46H28N2O/c1-2-13-31(14-3-1)47-40-19-9-6-16-34(40)38-28-43-39(27-42(38)47)35-17-7-10-20-41(35)48(43)32-24-22-29(23-25-32)37-26-30-12-4-5-15-33(30)45-36-18-8-11-21-44(36)49-46(37)45;1-2-12-31(13-3-1)47-40-19-8-6-15-35(40)38-28-43-39(27-42(38)47)36-16-7-9-20-41(36)48(43)32-24-21-30(22-25-32)34-17-10-18-37-45-33-14-5-4-11-29(33)23-26-44(45)49-46(34)37;1-2-12-31(13-3-1)47-41-19-8-6-15-35(41)39-28-44-40(27-43(39)47)36-16-7-9-20-42(36)48(44)32-24-21-30(22-25-32)34-17-10-18-37-38-26-23-29-11-4-5-14-33(29)46(38)49-45(34)37/h3*1-28H. The summed E-state index contributed by atoms with van der Waals surface area (Å²) in [4.78, 5) is 0. The van der Waals surface area contributed by atoms with Gasteiger partial charge in [0.25, 0.3) is 0 Å². The van der Waals surface area contributed by atoms with Crippen molar-refractivity contribution in [2.75, 3.05) is 0 Å². The minimum absolute atomic E-state index is 0.914. The van der Waals surface area contributed by atoms with Gasteiger partial charge in [0.1, 0.15) is 33.5 Å². The second-order valence-electron chi connectivity index (χ2n) is 38.8. The monoisotopic (exact) mass is 1870 g/mol. The van der Waals surface area contributed by atoms with Crippen LogP contribution in [0.5, 0.6) is 0 Å². The van der Waals surface area contributed by atoms with Crippen LogP contribution in [0, 0.1) is 0 Å². The SMILES string of the molecule is c1ccc(-n2c3ccccc3c3cc4c(cc32)c2ccccc2n4-c2ccc(-c3cc4ccccc4c4c3oc3ccccc34)cc2)cc1.c1ccc(-n2c3ccccc3c3cc4c(cc32)c2ccccc2n4-c2ccc(-c3cccc4c3oc3c5ccccc5ccc43)cc2)cc1.c1ccc(-n2c3ccccc3c3cc4c(cc32)c2ccccc2n4-c2ccc(-c3cccc4c3oc3ccc5ccccc5c34)cc2)cc1. The van der Waals surface area contributed by atoms with Crippen LogP contribution in [0.1, 0.15) is 0 Å². The lowest BCUT2D eigenvalue weighted by Crippen LogP contribution is -1.94. The average molecular weight is 1870 g/mol. The summed E-state index contributed by atoms with van der Waals surface area (Å²) in [5, 5.41) is 29.1. The summed E-state index contributed by atoms with van der Waals surface area (Å²) in [5.41, 5.74) is 33.6. The molecule has 0 radical (unpaired) electrons.